The minimum Gasteiger partial charge on any atom is -0.497 e. The zero-order valence-corrected chi connectivity index (χ0v) is 35.3. The second kappa shape index (κ2) is 17.9. The van der Waals surface area contributed by atoms with Gasteiger partial charge in [-0.2, -0.15) is 8.42 Å². The number of ether oxygens (including phenoxy) is 4. The molecule has 0 aliphatic carbocycles. The van der Waals surface area contributed by atoms with Gasteiger partial charge in [-0.05, 0) is 133 Å². The van der Waals surface area contributed by atoms with Crippen molar-refractivity contribution in [3.63, 3.8) is 0 Å². The third-order valence-corrected chi connectivity index (χ3v) is 14.3. The van der Waals surface area contributed by atoms with Gasteiger partial charge in [0.15, 0.2) is 0 Å². The molecule has 18 heteroatoms. The van der Waals surface area contributed by atoms with Crippen molar-refractivity contribution in [2.75, 3.05) is 7.11 Å². The maximum Gasteiger partial charge on any atom is 0.298 e. The quantitative estimate of drug-likeness (QED) is 0.0402. The van der Waals surface area contributed by atoms with E-state index in [9.17, 15) is 29.8 Å². The molecule has 0 aliphatic rings. The topological polar surface area (TPSA) is 198 Å². The molecule has 314 valence electrons. The molecular weight excluding hydrogens is 869 g/mol. The van der Waals surface area contributed by atoms with E-state index in [4.69, 9.17) is 24.2 Å². The minimum absolute atomic E-state index is 0.0793. The summed E-state index contributed by atoms with van der Waals surface area (Å²) in [5.41, 5.74) is 1.39. The van der Waals surface area contributed by atoms with Gasteiger partial charge in [0.05, 0.1) is 38.7 Å². The molecule has 0 heterocycles. The second-order valence-electron chi connectivity index (χ2n) is 13.2. The highest BCUT2D eigenvalue weighted by atomic mass is 32.2. The largest absolute Gasteiger partial charge is 0.497 e. The Morgan fingerprint density at radius 1 is 0.541 bits per heavy atom. The predicted octanol–water partition coefficient (Wildman–Crippen LogP) is 9.66. The number of benzene rings is 7. The summed E-state index contributed by atoms with van der Waals surface area (Å²) in [5, 5.41) is 14.3. The smallest absolute Gasteiger partial charge is 0.298 e. The highest BCUT2D eigenvalue weighted by Gasteiger charge is 2.26. The van der Waals surface area contributed by atoms with E-state index in [-0.39, 0.29) is 37.7 Å². The lowest BCUT2D eigenvalue weighted by molar-refractivity contribution is -0.432. The van der Waals surface area contributed by atoms with E-state index in [2.05, 4.69) is 9.37 Å². The van der Waals surface area contributed by atoms with Crippen molar-refractivity contribution >= 4 is 52.6 Å². The van der Waals surface area contributed by atoms with Crippen molar-refractivity contribution in [1.82, 2.24) is 0 Å². The van der Waals surface area contributed by atoms with Crippen molar-refractivity contribution in [3.8, 4) is 34.5 Å². The van der Waals surface area contributed by atoms with Crippen molar-refractivity contribution in [2.24, 2.45) is 0 Å². The first-order valence-electron chi connectivity index (χ1n) is 17.9. The van der Waals surface area contributed by atoms with Gasteiger partial charge in [-0.3, -0.25) is 4.55 Å². The molecule has 0 amide bonds. The van der Waals surface area contributed by atoms with Crippen LogP contribution in [0, 0.1) is 6.92 Å². The van der Waals surface area contributed by atoms with Gasteiger partial charge in [-0.15, -0.1) is 4.33 Å². The van der Waals surface area contributed by atoms with E-state index in [1.807, 2.05) is 25.1 Å². The highest BCUT2D eigenvalue weighted by Crippen LogP contribution is 2.36. The fourth-order valence-corrected chi connectivity index (χ4v) is 9.87. The van der Waals surface area contributed by atoms with Gasteiger partial charge in [0.1, 0.15) is 46.0 Å². The molecule has 61 heavy (non-hydrogen) atoms. The molecule has 0 saturated heterocycles. The van der Waals surface area contributed by atoms with E-state index >= 15 is 0 Å². The summed E-state index contributed by atoms with van der Waals surface area (Å²) >= 11 is 0.502. The summed E-state index contributed by atoms with van der Waals surface area (Å²) in [6.07, 6.45) is 0. The fourth-order valence-electron chi connectivity index (χ4n) is 5.99. The van der Waals surface area contributed by atoms with Crippen LogP contribution in [0.3, 0.4) is 0 Å². The lowest BCUT2D eigenvalue weighted by atomic mass is 10.1. The Kier molecular flexibility index (Phi) is 12.7. The van der Waals surface area contributed by atoms with Crippen LogP contribution < -0.4 is 18.9 Å². The Balaban J connectivity index is 1.05. The van der Waals surface area contributed by atoms with Crippen LogP contribution in [0.25, 0.3) is 10.8 Å². The van der Waals surface area contributed by atoms with Gasteiger partial charge in [0.2, 0.25) is 19.7 Å². The third kappa shape index (κ3) is 9.99. The minimum atomic E-state index is -4.96. The summed E-state index contributed by atoms with van der Waals surface area (Å²) in [5.74, 6) is 1.83. The number of hydrogen-bond acceptors (Lipinski definition) is 14. The van der Waals surface area contributed by atoms with E-state index in [0.717, 1.165) is 34.5 Å². The number of sulfone groups is 2. The van der Waals surface area contributed by atoms with Gasteiger partial charge in [-0.25, -0.2) is 22.1 Å². The van der Waals surface area contributed by atoms with E-state index < -0.39 is 39.6 Å². The molecule has 0 unspecified atom stereocenters. The molecule has 7 aromatic rings. The van der Waals surface area contributed by atoms with Gasteiger partial charge in [0.25, 0.3) is 10.1 Å². The molecule has 2 N–H and O–H groups in total. The highest BCUT2D eigenvalue weighted by molar-refractivity contribution is 7.94. The number of rotatable bonds is 16. The van der Waals surface area contributed by atoms with Crippen LogP contribution in [0.2, 0.25) is 0 Å². The fraction of sp³-hybridized carbons (Fsp3) is 0.0698. The number of aryl methyl sites for hydroxylation is 1. The van der Waals surface area contributed by atoms with Crippen molar-refractivity contribution in [3.05, 3.63) is 157 Å². The Labute approximate surface area is 355 Å². The standard InChI is InChI=1S/C43H34O14S4/c1-28-3-16-37(17-4-28)59(45,46)38-19-14-33(15-20-38)54-36-9-6-29-23-35(8-5-30(29)24-36)53-27-31-7-18-39(25-42(31)58-57-56-44)60(47,48)40-21-22-41(43(26-40)61(49,50)51)55-34-12-10-32(52-2)11-13-34/h3-26,44H,27H2,1-2H3,(H,49,50,51). The molecular formula is C43H34O14S4. The van der Waals surface area contributed by atoms with Crippen LogP contribution in [-0.4, -0.2) is 42.2 Å². The van der Waals surface area contributed by atoms with Crippen molar-refractivity contribution in [2.45, 2.75) is 42.9 Å². The van der Waals surface area contributed by atoms with Crippen molar-refractivity contribution < 1.29 is 63.4 Å². The normalized spacial score (nSPS) is 11.9. The molecule has 0 aliphatic heterocycles. The van der Waals surface area contributed by atoms with Crippen LogP contribution in [0.1, 0.15) is 11.1 Å². The number of methoxy groups -OCH3 is 1. The SMILES string of the molecule is COc1ccc(Oc2ccc(S(=O)(=O)c3ccc(COc4ccc5cc(Oc6ccc(S(=O)(=O)c7ccc(C)cc7)cc6)ccc5c4)c(SOOO)c3)cc2S(=O)(=O)O)cc1. The molecule has 0 saturated carbocycles. The maximum atomic E-state index is 13.8. The molecule has 0 radical (unpaired) electrons. The molecule has 14 nitrogen and oxygen atoms in total. The molecule has 7 aromatic carbocycles. The van der Waals surface area contributed by atoms with Crippen LogP contribution in [-0.2, 0) is 45.8 Å². The Bertz CT molecular complexity index is 3050. The monoisotopic (exact) mass is 902 g/mol. The van der Waals surface area contributed by atoms with E-state index in [0.29, 0.717) is 40.6 Å². The molecule has 0 aromatic heterocycles. The van der Waals surface area contributed by atoms with Crippen molar-refractivity contribution in [1.29, 1.82) is 0 Å². The zero-order chi connectivity index (χ0) is 43.4. The van der Waals surface area contributed by atoms with Crippen LogP contribution in [0.5, 0.6) is 34.5 Å². The molecule has 0 spiro atoms. The Morgan fingerprint density at radius 3 is 1.69 bits per heavy atom. The van der Waals surface area contributed by atoms with Gasteiger partial charge in [-0.1, -0.05) is 40.9 Å². The first-order valence-corrected chi connectivity index (χ1v) is 23.0. The van der Waals surface area contributed by atoms with Gasteiger partial charge in [0, 0.05) is 10.5 Å². The van der Waals surface area contributed by atoms with Gasteiger partial charge < -0.3 is 18.9 Å². The van der Waals surface area contributed by atoms with Crippen LogP contribution in [0.15, 0.2) is 175 Å². The first-order chi connectivity index (χ1) is 29.1. The lowest BCUT2D eigenvalue weighted by Gasteiger charge is -2.14. The summed E-state index contributed by atoms with van der Waals surface area (Å²) in [4.78, 5) is -1.000. The van der Waals surface area contributed by atoms with Gasteiger partial charge >= 0.3 is 0 Å². The molecule has 0 fully saturated rings. The zero-order valence-electron chi connectivity index (χ0n) is 32.0. The first kappa shape index (κ1) is 43.1. The number of hydrogen-bond donors (Lipinski definition) is 2. The van der Waals surface area contributed by atoms with E-state index in [1.165, 1.54) is 49.6 Å². The van der Waals surface area contributed by atoms with Crippen LogP contribution in [0.4, 0.5) is 0 Å². The maximum absolute atomic E-state index is 13.8. The number of fused-ring (bicyclic) bond motifs is 1. The summed E-state index contributed by atoms with van der Waals surface area (Å²) in [7, 11) is -11.6. The molecule has 0 atom stereocenters. The third-order valence-electron chi connectivity index (χ3n) is 9.17. The average molecular weight is 903 g/mol. The predicted molar refractivity (Wildman–Crippen MR) is 223 cm³/mol. The van der Waals surface area contributed by atoms with Crippen LogP contribution >= 0.6 is 12.0 Å². The Morgan fingerprint density at radius 2 is 1.05 bits per heavy atom. The molecule has 7 rings (SSSR count). The second-order valence-corrected chi connectivity index (χ2v) is 19.2. The average Bonchev–Trinajstić information content (AvgIpc) is 3.25. The van der Waals surface area contributed by atoms with E-state index in [1.54, 1.807) is 66.7 Å². The summed E-state index contributed by atoms with van der Waals surface area (Å²) in [6.45, 7) is 1.80. The Hall–Kier alpha value is -5.96. The molecule has 0 bridgehead atoms. The summed E-state index contributed by atoms with van der Waals surface area (Å²) in [6, 6.07) is 36.7. The summed E-state index contributed by atoms with van der Waals surface area (Å²) < 4.78 is 116. The lowest BCUT2D eigenvalue weighted by Crippen LogP contribution is -2.07.